The van der Waals surface area contributed by atoms with Gasteiger partial charge in [0, 0.05) is 59.7 Å². The number of methoxy groups -OCH3 is 2. The van der Waals surface area contributed by atoms with Crippen LogP contribution in [0.3, 0.4) is 0 Å². The summed E-state index contributed by atoms with van der Waals surface area (Å²) in [6, 6.07) is 18.1. The lowest BCUT2D eigenvalue weighted by Crippen LogP contribution is -2.74. The average molecular weight is 849 g/mol. The number of Topliss-reactive ketones (excluding diaryl/α,β-unsaturated/α-hetero) is 1. The van der Waals surface area contributed by atoms with Gasteiger partial charge in [0.1, 0.15) is 19.8 Å². The molecule has 318 valence electrons. The van der Waals surface area contributed by atoms with Gasteiger partial charge in [-0.15, -0.1) is 0 Å². The molecule has 0 radical (unpaired) electrons. The van der Waals surface area contributed by atoms with Crippen LogP contribution in [0.1, 0.15) is 53.1 Å². The van der Waals surface area contributed by atoms with Gasteiger partial charge in [0.15, 0.2) is 46.9 Å². The summed E-state index contributed by atoms with van der Waals surface area (Å²) in [5, 5.41) is 28.1. The number of aryl methyl sites for hydroxylation is 1. The van der Waals surface area contributed by atoms with E-state index >= 15 is 0 Å². The van der Waals surface area contributed by atoms with Gasteiger partial charge in [0.2, 0.25) is 6.79 Å². The maximum absolute atomic E-state index is 14.5. The Bertz CT molecular complexity index is 2400. The summed E-state index contributed by atoms with van der Waals surface area (Å²) in [7, 11) is 6.45. The van der Waals surface area contributed by atoms with Crippen molar-refractivity contribution in [3.05, 3.63) is 105 Å². The SMILES string of the molecule is COCOc1c(OC)c(C)cc2c1[C@@H]1C3C[C@]4(O)C(=O)C(C)=C5OCOC5=C4[C@H](COC(=O)C(CSCC4c5ccccc5-c5ccccc54)=NOC)N3[C@@H](C#N)[C@H](C2)N1C. The Labute approximate surface area is 358 Å². The van der Waals surface area contributed by atoms with Crippen LogP contribution in [-0.4, -0.2) is 122 Å². The topological polar surface area (TPSA) is 162 Å². The van der Waals surface area contributed by atoms with Gasteiger partial charge >= 0.3 is 5.97 Å². The van der Waals surface area contributed by atoms with E-state index in [9.17, 15) is 20.0 Å². The van der Waals surface area contributed by atoms with Crippen LogP contribution in [0, 0.1) is 18.3 Å². The number of carbonyl (C=O) groups excluding carboxylic acids is 2. The number of oxime groups is 1. The molecule has 3 aromatic rings. The highest BCUT2D eigenvalue weighted by Crippen LogP contribution is 2.57. The van der Waals surface area contributed by atoms with Crippen molar-refractivity contribution in [3.8, 4) is 28.7 Å². The van der Waals surface area contributed by atoms with E-state index in [0.717, 1.165) is 16.7 Å². The zero-order chi connectivity index (χ0) is 42.7. The fourth-order valence-corrected chi connectivity index (χ4v) is 11.8. The number of nitriles is 1. The maximum atomic E-state index is 14.5. The number of piperidine rings is 1. The zero-order valence-corrected chi connectivity index (χ0v) is 35.7. The second kappa shape index (κ2) is 16.2. The molecule has 1 N–H and O–H groups in total. The van der Waals surface area contributed by atoms with Crippen molar-refractivity contribution in [1.29, 1.82) is 5.26 Å². The molecular weight excluding hydrogens is 801 g/mol. The maximum Gasteiger partial charge on any atom is 0.357 e. The van der Waals surface area contributed by atoms with Crippen LogP contribution >= 0.6 is 11.8 Å². The molecule has 1 unspecified atom stereocenters. The summed E-state index contributed by atoms with van der Waals surface area (Å²) in [5.74, 6) is 1.23. The summed E-state index contributed by atoms with van der Waals surface area (Å²) in [6.45, 7) is 3.00. The molecule has 0 saturated carbocycles. The van der Waals surface area contributed by atoms with Gasteiger partial charge in [0.05, 0.1) is 25.3 Å². The molecule has 4 aliphatic heterocycles. The molecular formula is C46H48N4O10S. The second-order valence-corrected chi connectivity index (χ2v) is 17.3. The van der Waals surface area contributed by atoms with Crippen molar-refractivity contribution in [2.45, 2.75) is 68.4 Å². The number of ketones is 1. The number of hydrogen-bond acceptors (Lipinski definition) is 15. The van der Waals surface area contributed by atoms with E-state index in [2.05, 4.69) is 46.5 Å². The van der Waals surface area contributed by atoms with E-state index in [1.54, 1.807) is 25.8 Å². The van der Waals surface area contributed by atoms with E-state index < -0.39 is 41.5 Å². The molecule has 14 nitrogen and oxygen atoms in total. The number of carbonyl (C=O) groups is 2. The van der Waals surface area contributed by atoms with Gasteiger partial charge in [-0.3, -0.25) is 14.6 Å². The Balaban J connectivity index is 1.06. The zero-order valence-electron chi connectivity index (χ0n) is 34.9. The smallest absolute Gasteiger partial charge is 0.357 e. The Morgan fingerprint density at radius 2 is 1.74 bits per heavy atom. The van der Waals surface area contributed by atoms with Crippen molar-refractivity contribution in [2.75, 3.05) is 60.1 Å². The third-order valence-electron chi connectivity index (χ3n) is 13.2. The molecule has 2 bridgehead atoms. The molecule has 4 heterocycles. The molecule has 6 atom stereocenters. The van der Waals surface area contributed by atoms with E-state index in [1.165, 1.54) is 36.5 Å². The van der Waals surface area contributed by atoms with Crippen molar-refractivity contribution < 1.29 is 48.0 Å². The number of ether oxygens (including phenoxy) is 6. The first kappa shape index (κ1) is 41.0. The van der Waals surface area contributed by atoms with E-state index in [4.69, 9.17) is 33.3 Å². The summed E-state index contributed by atoms with van der Waals surface area (Å²) in [5.41, 5.74) is 5.95. The van der Waals surface area contributed by atoms with E-state index in [1.807, 2.05) is 43.1 Å². The van der Waals surface area contributed by atoms with Gasteiger partial charge in [-0.2, -0.15) is 17.0 Å². The third-order valence-corrected chi connectivity index (χ3v) is 14.2. The summed E-state index contributed by atoms with van der Waals surface area (Å²) < 4.78 is 35.5. The number of hydrogen-bond donors (Lipinski definition) is 1. The number of aliphatic hydroxyl groups is 1. The molecule has 3 fully saturated rings. The van der Waals surface area contributed by atoms with Crippen LogP contribution in [0.4, 0.5) is 0 Å². The van der Waals surface area contributed by atoms with Gasteiger partial charge in [-0.1, -0.05) is 59.8 Å². The number of fused-ring (bicyclic) bond motifs is 11. The fourth-order valence-electron chi connectivity index (χ4n) is 10.7. The van der Waals surface area contributed by atoms with Crippen molar-refractivity contribution in [1.82, 2.24) is 9.80 Å². The Hall–Kier alpha value is -5.37. The number of esters is 1. The Kier molecular flexibility index (Phi) is 10.9. The molecule has 2 aliphatic carbocycles. The lowest BCUT2D eigenvalue weighted by atomic mass is 9.65. The Morgan fingerprint density at radius 1 is 1.03 bits per heavy atom. The van der Waals surface area contributed by atoms with Gasteiger partial charge in [0.25, 0.3) is 0 Å². The highest BCUT2D eigenvalue weighted by atomic mass is 32.2. The summed E-state index contributed by atoms with van der Waals surface area (Å²) in [6.07, 6.45) is 0.393. The molecule has 61 heavy (non-hydrogen) atoms. The van der Waals surface area contributed by atoms with Crippen LogP contribution in [0.25, 0.3) is 11.1 Å². The van der Waals surface area contributed by atoms with Gasteiger partial charge < -0.3 is 38.4 Å². The van der Waals surface area contributed by atoms with Crippen molar-refractivity contribution in [2.24, 2.45) is 5.16 Å². The number of nitrogens with zero attached hydrogens (tertiary/aromatic N) is 4. The first-order chi connectivity index (χ1) is 29.6. The fraction of sp³-hybridized carbons (Fsp3) is 0.435. The molecule has 3 aromatic carbocycles. The molecule has 0 aromatic heterocycles. The number of likely N-dealkylation sites (N-methyl/N-ethyl adjacent to an activating group) is 1. The van der Waals surface area contributed by atoms with Crippen LogP contribution < -0.4 is 9.47 Å². The number of piperazine rings is 1. The lowest BCUT2D eigenvalue weighted by molar-refractivity contribution is -0.155. The molecule has 0 amide bonds. The Morgan fingerprint density at radius 3 is 2.41 bits per heavy atom. The van der Waals surface area contributed by atoms with Crippen LogP contribution in [-0.2, 0) is 39.8 Å². The number of rotatable bonds is 12. The van der Waals surface area contributed by atoms with E-state index in [-0.39, 0.29) is 72.7 Å². The highest BCUT2D eigenvalue weighted by molar-refractivity contribution is 8.00. The molecule has 9 rings (SSSR count). The molecule has 3 saturated heterocycles. The normalized spacial score (nSPS) is 26.5. The van der Waals surface area contributed by atoms with Gasteiger partial charge in [-0.05, 0) is 60.7 Å². The lowest BCUT2D eigenvalue weighted by Gasteiger charge is -2.62. The van der Waals surface area contributed by atoms with Gasteiger partial charge in [-0.25, -0.2) is 4.79 Å². The monoisotopic (exact) mass is 848 g/mol. The minimum atomic E-state index is -2.09. The van der Waals surface area contributed by atoms with Crippen LogP contribution in [0.2, 0.25) is 0 Å². The van der Waals surface area contributed by atoms with Crippen molar-refractivity contribution >= 4 is 29.2 Å². The number of benzene rings is 3. The number of thioether (sulfide) groups is 1. The molecule has 0 spiro atoms. The first-order valence-corrected chi connectivity index (χ1v) is 21.5. The average Bonchev–Trinajstić information content (AvgIpc) is 3.87. The summed E-state index contributed by atoms with van der Waals surface area (Å²) >= 11 is 1.55. The van der Waals surface area contributed by atoms with Crippen molar-refractivity contribution in [3.63, 3.8) is 0 Å². The molecule has 6 aliphatic rings. The summed E-state index contributed by atoms with van der Waals surface area (Å²) in [4.78, 5) is 37.9. The predicted molar refractivity (Wildman–Crippen MR) is 225 cm³/mol. The van der Waals surface area contributed by atoms with Crippen LogP contribution in [0.5, 0.6) is 11.5 Å². The van der Waals surface area contributed by atoms with E-state index in [0.29, 0.717) is 23.7 Å². The largest absolute Gasteiger partial charge is 0.493 e. The standard InChI is InChI=1S/C46H48N4O10S/c1-24-15-26-16-33-35(18-47)50-34(39(49(33)3)37(26)42(40(24)55-5)58-22-54-4)17-46(53)38(43-41(59-23-60-43)25(2)44(46)51)36(50)19-57-45(52)32(48-56-6)21-61-20-31-29-13-9-7-11-27(29)28-12-8-10-14-30(28)31/h7-15,31,33-36,39,53H,16-17,19-23H2,1-6H3/t33-,34?,35-,36-,39-,46+/m0/s1. The third kappa shape index (κ3) is 6.41. The second-order valence-electron chi connectivity index (χ2n) is 16.2. The van der Waals surface area contributed by atoms with Crippen LogP contribution in [0.15, 0.2) is 82.4 Å². The predicted octanol–water partition coefficient (Wildman–Crippen LogP) is 5.17. The minimum absolute atomic E-state index is 0.0481. The quantitative estimate of drug-likeness (QED) is 0.110. The molecule has 15 heteroatoms. The highest BCUT2D eigenvalue weighted by Gasteiger charge is 2.64. The first-order valence-electron chi connectivity index (χ1n) is 20.3. The minimum Gasteiger partial charge on any atom is -0.493 e.